The Bertz CT molecular complexity index is 63.7. The summed E-state index contributed by atoms with van der Waals surface area (Å²) in [4.78, 5) is 2.33. The molecule has 0 amide bonds. The van der Waals surface area contributed by atoms with Crippen LogP contribution in [0.1, 0.15) is 34.6 Å². The quantitative estimate of drug-likeness (QED) is 0.471. The van der Waals surface area contributed by atoms with Gasteiger partial charge in [-0.05, 0) is 12.1 Å². The van der Waals surface area contributed by atoms with Gasteiger partial charge >= 0.3 is 0 Å². The third kappa shape index (κ3) is 4.48. The van der Waals surface area contributed by atoms with Crippen molar-refractivity contribution >= 4 is 0 Å². The number of rotatable bonds is 3. The van der Waals surface area contributed by atoms with Crippen molar-refractivity contribution in [1.82, 2.24) is 4.90 Å². The normalized spacial score (nSPS) is 10.8. The van der Waals surface area contributed by atoms with Gasteiger partial charge in [0.05, 0.1) is 0 Å². The van der Waals surface area contributed by atoms with Crippen molar-refractivity contribution in [2.24, 2.45) is 0 Å². The summed E-state index contributed by atoms with van der Waals surface area (Å²) in [6, 6.07) is 1.27. The van der Waals surface area contributed by atoms with Crippen LogP contribution in [0.4, 0.5) is 0 Å². The van der Waals surface area contributed by atoms with Crippen LogP contribution in [0.2, 0.25) is 0 Å². The summed E-state index contributed by atoms with van der Waals surface area (Å²) in [6.45, 7) is 13.1. The summed E-state index contributed by atoms with van der Waals surface area (Å²) in [5.41, 5.74) is 0. The van der Waals surface area contributed by atoms with E-state index in [-0.39, 0.29) is 21.7 Å². The van der Waals surface area contributed by atoms with Gasteiger partial charge < -0.3 is 4.90 Å². The first-order valence-corrected chi connectivity index (χ1v) is 3.66. The fourth-order valence-electron chi connectivity index (χ4n) is 1.19. The summed E-state index contributed by atoms with van der Waals surface area (Å²) >= 11 is 0. The molecule has 0 spiro atoms. The van der Waals surface area contributed by atoms with Gasteiger partial charge in [0.2, 0.25) is 0 Å². The molecule has 0 fully saturated rings. The Kier molecular flexibility index (Phi) is 8.48. The number of nitrogens with zero attached hydrogens (tertiary/aromatic N) is 1. The SMILES string of the molecule is C[CH-]N(C(C)C)C(C)C.[Ti]. The standard InChI is InChI=1S/C8H18N.Ti/c1-6-9(7(2)3)8(4)5;/h6-8H,1-5H3;/q-1;. The molecule has 0 aromatic rings. The fraction of sp³-hybridized carbons (Fsp3) is 0.875. The molecule has 0 aliphatic carbocycles. The summed E-state index contributed by atoms with van der Waals surface area (Å²) in [7, 11) is 0. The molecule has 0 N–H and O–H groups in total. The summed E-state index contributed by atoms with van der Waals surface area (Å²) in [5, 5.41) is 0. The zero-order valence-electron chi connectivity index (χ0n) is 7.68. The Balaban J connectivity index is 0. The van der Waals surface area contributed by atoms with Crippen molar-refractivity contribution in [2.75, 3.05) is 0 Å². The molecule has 0 saturated carbocycles. The second-order valence-corrected chi connectivity index (χ2v) is 2.89. The molecule has 2 heteroatoms. The van der Waals surface area contributed by atoms with Gasteiger partial charge in [0.25, 0.3) is 0 Å². The predicted molar refractivity (Wildman–Crippen MR) is 42.1 cm³/mol. The Labute approximate surface area is 80.1 Å². The minimum absolute atomic E-state index is 0. The average molecular weight is 176 g/mol. The van der Waals surface area contributed by atoms with E-state index in [1.54, 1.807) is 0 Å². The van der Waals surface area contributed by atoms with Crippen molar-refractivity contribution in [2.45, 2.75) is 46.7 Å². The molecule has 10 heavy (non-hydrogen) atoms. The molecule has 0 atom stereocenters. The molecule has 60 valence electrons. The van der Waals surface area contributed by atoms with E-state index in [0.29, 0.717) is 12.1 Å². The van der Waals surface area contributed by atoms with Gasteiger partial charge in [-0.3, -0.25) is 6.54 Å². The zero-order valence-corrected chi connectivity index (χ0v) is 9.24. The molecule has 0 aromatic carbocycles. The maximum Gasteiger partial charge on any atom is 0 e. The molecule has 0 bridgehead atoms. The monoisotopic (exact) mass is 176 g/mol. The van der Waals surface area contributed by atoms with Gasteiger partial charge in [0.1, 0.15) is 0 Å². The van der Waals surface area contributed by atoms with Crippen LogP contribution in [0.5, 0.6) is 0 Å². The van der Waals surface area contributed by atoms with Gasteiger partial charge in [-0.25, -0.2) is 0 Å². The van der Waals surface area contributed by atoms with Crippen LogP contribution in [0.3, 0.4) is 0 Å². The number of hydrogen-bond acceptors (Lipinski definition) is 1. The summed E-state index contributed by atoms with van der Waals surface area (Å²) < 4.78 is 0. The maximum absolute atomic E-state index is 2.33. The smallest absolute Gasteiger partial charge is 0 e. The Morgan fingerprint density at radius 2 is 1.30 bits per heavy atom. The van der Waals surface area contributed by atoms with Gasteiger partial charge in [-0.1, -0.05) is 27.7 Å². The van der Waals surface area contributed by atoms with E-state index in [1.165, 1.54) is 0 Å². The minimum atomic E-state index is 0. The first-order valence-electron chi connectivity index (χ1n) is 3.66. The predicted octanol–water partition coefficient (Wildman–Crippen LogP) is 2.28. The van der Waals surface area contributed by atoms with E-state index in [0.717, 1.165) is 0 Å². The third-order valence-electron chi connectivity index (χ3n) is 1.49. The molecule has 0 saturated heterocycles. The molecule has 0 rings (SSSR count). The van der Waals surface area contributed by atoms with E-state index in [9.17, 15) is 0 Å². The molecular weight excluding hydrogens is 158 g/mol. The van der Waals surface area contributed by atoms with E-state index >= 15 is 0 Å². The third-order valence-corrected chi connectivity index (χ3v) is 1.49. The Hall–Kier alpha value is 0.674. The van der Waals surface area contributed by atoms with Crippen LogP contribution in [0.25, 0.3) is 0 Å². The van der Waals surface area contributed by atoms with Crippen LogP contribution in [-0.2, 0) is 21.7 Å². The molecular formula is C8H18NTi-. The Morgan fingerprint density at radius 3 is 1.30 bits per heavy atom. The van der Waals surface area contributed by atoms with Crippen molar-refractivity contribution < 1.29 is 21.7 Å². The van der Waals surface area contributed by atoms with Crippen molar-refractivity contribution in [3.63, 3.8) is 0 Å². The summed E-state index contributed by atoms with van der Waals surface area (Å²) in [6.07, 6.45) is 0. The number of hydrogen-bond donors (Lipinski definition) is 0. The van der Waals surface area contributed by atoms with E-state index in [4.69, 9.17) is 0 Å². The van der Waals surface area contributed by atoms with Crippen molar-refractivity contribution in [3.05, 3.63) is 6.54 Å². The van der Waals surface area contributed by atoms with Gasteiger partial charge in [0.15, 0.2) is 0 Å². The molecule has 1 nitrogen and oxygen atoms in total. The second-order valence-electron chi connectivity index (χ2n) is 2.89. The first kappa shape index (κ1) is 13.3. The zero-order chi connectivity index (χ0) is 7.44. The topological polar surface area (TPSA) is 3.24 Å². The molecule has 0 radical (unpaired) electrons. The van der Waals surface area contributed by atoms with Crippen LogP contribution in [0.15, 0.2) is 0 Å². The fourth-order valence-corrected chi connectivity index (χ4v) is 1.19. The van der Waals surface area contributed by atoms with Crippen LogP contribution >= 0.6 is 0 Å². The largest absolute Gasteiger partial charge is 0.452 e. The molecule has 0 aliphatic rings. The molecule has 0 unspecified atom stereocenters. The minimum Gasteiger partial charge on any atom is -0.452 e. The van der Waals surface area contributed by atoms with E-state index in [1.807, 2.05) is 0 Å². The Morgan fingerprint density at radius 1 is 1.00 bits per heavy atom. The summed E-state index contributed by atoms with van der Waals surface area (Å²) in [5.74, 6) is 0. The second kappa shape index (κ2) is 6.39. The average Bonchev–Trinajstić information content (AvgIpc) is 1.64. The maximum atomic E-state index is 2.33. The van der Waals surface area contributed by atoms with Crippen LogP contribution in [0, 0.1) is 6.54 Å². The van der Waals surface area contributed by atoms with Crippen molar-refractivity contribution in [3.8, 4) is 0 Å². The van der Waals surface area contributed by atoms with Gasteiger partial charge in [-0.2, -0.15) is 6.92 Å². The van der Waals surface area contributed by atoms with Gasteiger partial charge in [-0.15, -0.1) is 0 Å². The molecule has 0 heterocycles. The van der Waals surface area contributed by atoms with E-state index in [2.05, 4.69) is 46.1 Å². The molecule has 0 aromatic heterocycles. The van der Waals surface area contributed by atoms with Crippen molar-refractivity contribution in [1.29, 1.82) is 0 Å². The van der Waals surface area contributed by atoms with Crippen LogP contribution < -0.4 is 0 Å². The van der Waals surface area contributed by atoms with E-state index < -0.39 is 0 Å². The molecule has 0 aliphatic heterocycles. The van der Waals surface area contributed by atoms with Gasteiger partial charge in [0, 0.05) is 21.7 Å². The van der Waals surface area contributed by atoms with Crippen LogP contribution in [-0.4, -0.2) is 17.0 Å². The first-order chi connectivity index (χ1) is 4.09.